The summed E-state index contributed by atoms with van der Waals surface area (Å²) in [6.45, 7) is 4.63. The normalized spacial score (nSPS) is 29.2. The van der Waals surface area contributed by atoms with Crippen LogP contribution in [-0.4, -0.2) is 49.6 Å². The van der Waals surface area contributed by atoms with Gasteiger partial charge in [0.25, 0.3) is 0 Å². The highest BCUT2D eigenvalue weighted by Gasteiger charge is 2.27. The van der Waals surface area contributed by atoms with Crippen LogP contribution in [0.2, 0.25) is 0 Å². The summed E-state index contributed by atoms with van der Waals surface area (Å²) in [5, 5.41) is 6.49. The molecule has 2 heterocycles. The largest absolute Gasteiger partial charge is 0.339 e. The second-order valence-electron chi connectivity index (χ2n) is 3.72. The fourth-order valence-corrected chi connectivity index (χ4v) is 2.00. The van der Waals surface area contributed by atoms with E-state index in [1.54, 1.807) is 0 Å². The van der Waals surface area contributed by atoms with Gasteiger partial charge in [0.05, 0.1) is 6.04 Å². The highest BCUT2D eigenvalue weighted by Crippen LogP contribution is 2.08. The third-order valence-corrected chi connectivity index (χ3v) is 2.79. The van der Waals surface area contributed by atoms with Gasteiger partial charge in [-0.3, -0.25) is 4.79 Å². The zero-order valence-electron chi connectivity index (χ0n) is 7.88. The lowest BCUT2D eigenvalue weighted by atomic mass is 10.2. The molecular formula is C9H17N3O. The van der Waals surface area contributed by atoms with Gasteiger partial charge in [-0.2, -0.15) is 0 Å². The monoisotopic (exact) mass is 183 g/mol. The Labute approximate surface area is 78.7 Å². The number of piperazine rings is 1. The first kappa shape index (κ1) is 8.97. The number of hydrogen-bond acceptors (Lipinski definition) is 3. The van der Waals surface area contributed by atoms with Crippen molar-refractivity contribution in [3.63, 3.8) is 0 Å². The first-order chi connectivity index (χ1) is 6.38. The summed E-state index contributed by atoms with van der Waals surface area (Å²) in [6.07, 6.45) is 2.16. The molecule has 13 heavy (non-hydrogen) atoms. The fraction of sp³-hybridized carbons (Fsp3) is 0.889. The van der Waals surface area contributed by atoms with Gasteiger partial charge in [-0.15, -0.1) is 0 Å². The zero-order chi connectivity index (χ0) is 9.10. The third kappa shape index (κ3) is 2.00. The van der Waals surface area contributed by atoms with Crippen molar-refractivity contribution < 1.29 is 4.79 Å². The van der Waals surface area contributed by atoms with Crippen LogP contribution in [0.25, 0.3) is 0 Å². The fourth-order valence-electron chi connectivity index (χ4n) is 2.00. The Bertz CT molecular complexity index is 183. The van der Waals surface area contributed by atoms with Crippen molar-refractivity contribution in [3.8, 4) is 0 Å². The highest BCUT2D eigenvalue weighted by atomic mass is 16.2. The molecule has 0 aromatic carbocycles. The van der Waals surface area contributed by atoms with Gasteiger partial charge in [0.2, 0.25) is 5.91 Å². The van der Waals surface area contributed by atoms with Crippen molar-refractivity contribution in [2.24, 2.45) is 0 Å². The quantitative estimate of drug-likeness (QED) is 0.558. The first-order valence-electron chi connectivity index (χ1n) is 5.11. The molecule has 4 heteroatoms. The minimum Gasteiger partial charge on any atom is -0.339 e. The smallest absolute Gasteiger partial charge is 0.239 e. The Balaban J connectivity index is 1.87. The summed E-state index contributed by atoms with van der Waals surface area (Å²) >= 11 is 0. The number of amides is 1. The molecule has 0 aliphatic carbocycles. The molecule has 0 spiro atoms. The van der Waals surface area contributed by atoms with E-state index in [-0.39, 0.29) is 6.04 Å². The maximum absolute atomic E-state index is 11.8. The topological polar surface area (TPSA) is 44.4 Å². The van der Waals surface area contributed by atoms with Gasteiger partial charge in [0.1, 0.15) is 0 Å². The number of nitrogens with zero attached hydrogens (tertiary/aromatic N) is 1. The molecule has 2 fully saturated rings. The van der Waals surface area contributed by atoms with E-state index >= 15 is 0 Å². The molecule has 0 saturated carbocycles. The van der Waals surface area contributed by atoms with Gasteiger partial charge in [0.15, 0.2) is 0 Å². The van der Waals surface area contributed by atoms with Crippen LogP contribution in [0.1, 0.15) is 12.8 Å². The van der Waals surface area contributed by atoms with Crippen molar-refractivity contribution in [1.29, 1.82) is 0 Å². The van der Waals surface area contributed by atoms with Crippen molar-refractivity contribution >= 4 is 5.91 Å². The summed E-state index contributed by atoms with van der Waals surface area (Å²) in [5.41, 5.74) is 0. The molecule has 1 amide bonds. The van der Waals surface area contributed by atoms with Crippen LogP contribution >= 0.6 is 0 Å². The summed E-state index contributed by atoms with van der Waals surface area (Å²) in [6, 6.07) is 0.109. The Morgan fingerprint density at radius 3 is 2.62 bits per heavy atom. The van der Waals surface area contributed by atoms with Crippen LogP contribution in [0.5, 0.6) is 0 Å². The van der Waals surface area contributed by atoms with Crippen LogP contribution in [0.3, 0.4) is 0 Å². The molecular weight excluding hydrogens is 166 g/mol. The maximum atomic E-state index is 11.8. The molecule has 2 saturated heterocycles. The molecule has 0 unspecified atom stereocenters. The minimum atomic E-state index is 0.109. The molecule has 0 bridgehead atoms. The van der Waals surface area contributed by atoms with E-state index in [0.717, 1.165) is 45.6 Å². The van der Waals surface area contributed by atoms with E-state index in [0.29, 0.717) is 5.91 Å². The van der Waals surface area contributed by atoms with Gasteiger partial charge >= 0.3 is 0 Å². The summed E-state index contributed by atoms with van der Waals surface area (Å²) < 4.78 is 0. The molecule has 0 aromatic heterocycles. The third-order valence-electron chi connectivity index (χ3n) is 2.79. The van der Waals surface area contributed by atoms with Crippen molar-refractivity contribution in [2.75, 3.05) is 32.7 Å². The van der Waals surface area contributed by atoms with Crippen molar-refractivity contribution in [3.05, 3.63) is 0 Å². The number of carbonyl (C=O) groups excluding carboxylic acids is 1. The molecule has 74 valence electrons. The molecule has 1 atom stereocenters. The Morgan fingerprint density at radius 1 is 1.23 bits per heavy atom. The predicted molar refractivity (Wildman–Crippen MR) is 50.5 cm³/mol. The van der Waals surface area contributed by atoms with Gasteiger partial charge in [-0.25, -0.2) is 0 Å². The lowest BCUT2D eigenvalue weighted by Gasteiger charge is -2.29. The Hall–Kier alpha value is -0.610. The average molecular weight is 183 g/mol. The van der Waals surface area contributed by atoms with E-state index in [9.17, 15) is 4.79 Å². The van der Waals surface area contributed by atoms with Crippen LogP contribution in [-0.2, 0) is 4.79 Å². The number of rotatable bonds is 1. The second kappa shape index (κ2) is 4.07. The SMILES string of the molecule is O=C([C@@H]1CCCN1)N1CCNCC1. The van der Waals surface area contributed by atoms with Crippen LogP contribution in [0.15, 0.2) is 0 Å². The molecule has 2 N–H and O–H groups in total. The van der Waals surface area contributed by atoms with Crippen molar-refractivity contribution in [2.45, 2.75) is 18.9 Å². The predicted octanol–water partition coefficient (Wildman–Crippen LogP) is -0.830. The number of carbonyl (C=O) groups is 1. The van der Waals surface area contributed by atoms with Crippen molar-refractivity contribution in [1.82, 2.24) is 15.5 Å². The Morgan fingerprint density at radius 2 is 2.00 bits per heavy atom. The second-order valence-corrected chi connectivity index (χ2v) is 3.72. The molecule has 2 aliphatic rings. The van der Waals surface area contributed by atoms with E-state index < -0.39 is 0 Å². The molecule has 2 aliphatic heterocycles. The molecule has 4 nitrogen and oxygen atoms in total. The van der Waals surface area contributed by atoms with E-state index in [1.807, 2.05) is 4.90 Å². The van der Waals surface area contributed by atoms with Crippen LogP contribution < -0.4 is 10.6 Å². The average Bonchev–Trinajstić information content (AvgIpc) is 2.71. The summed E-state index contributed by atoms with van der Waals surface area (Å²) in [5.74, 6) is 0.305. The molecule has 0 radical (unpaired) electrons. The van der Waals surface area contributed by atoms with Gasteiger partial charge in [-0.1, -0.05) is 0 Å². The van der Waals surface area contributed by atoms with Gasteiger partial charge < -0.3 is 15.5 Å². The number of nitrogens with one attached hydrogen (secondary N) is 2. The number of hydrogen-bond donors (Lipinski definition) is 2. The lowest BCUT2D eigenvalue weighted by Crippen LogP contribution is -2.51. The minimum absolute atomic E-state index is 0.109. The van der Waals surface area contributed by atoms with Gasteiger partial charge in [0, 0.05) is 26.2 Å². The lowest BCUT2D eigenvalue weighted by molar-refractivity contribution is -0.133. The van der Waals surface area contributed by atoms with Crippen LogP contribution in [0, 0.1) is 0 Å². The first-order valence-corrected chi connectivity index (χ1v) is 5.11. The van der Waals surface area contributed by atoms with E-state index in [4.69, 9.17) is 0 Å². The maximum Gasteiger partial charge on any atom is 0.239 e. The van der Waals surface area contributed by atoms with Crippen LogP contribution in [0.4, 0.5) is 0 Å². The van der Waals surface area contributed by atoms with E-state index in [2.05, 4.69) is 10.6 Å². The molecule has 0 aromatic rings. The standard InChI is InChI=1S/C9H17N3O/c13-9(8-2-1-3-11-8)12-6-4-10-5-7-12/h8,10-11H,1-7H2/t8-/m0/s1. The molecule has 2 rings (SSSR count). The van der Waals surface area contributed by atoms with E-state index in [1.165, 1.54) is 0 Å². The highest BCUT2D eigenvalue weighted by molar-refractivity contribution is 5.82. The Kier molecular flexibility index (Phi) is 2.80. The summed E-state index contributed by atoms with van der Waals surface area (Å²) in [4.78, 5) is 13.8. The zero-order valence-corrected chi connectivity index (χ0v) is 7.88. The van der Waals surface area contributed by atoms with Gasteiger partial charge in [-0.05, 0) is 19.4 Å². The summed E-state index contributed by atoms with van der Waals surface area (Å²) in [7, 11) is 0.